The Labute approximate surface area is 113 Å². The van der Waals surface area contributed by atoms with Crippen LogP contribution in [0.1, 0.15) is 41.7 Å². The van der Waals surface area contributed by atoms with Gasteiger partial charge in [0.05, 0.1) is 18.2 Å². The van der Waals surface area contributed by atoms with Gasteiger partial charge in [-0.3, -0.25) is 9.78 Å². The van der Waals surface area contributed by atoms with E-state index < -0.39 is 0 Å². The lowest BCUT2D eigenvalue weighted by Gasteiger charge is -2.29. The van der Waals surface area contributed by atoms with Gasteiger partial charge in [0.15, 0.2) is 0 Å². The highest BCUT2D eigenvalue weighted by Crippen LogP contribution is 2.21. The summed E-state index contributed by atoms with van der Waals surface area (Å²) in [7, 11) is 0. The Morgan fingerprint density at radius 3 is 3.00 bits per heavy atom. The SMILES string of the molecule is Cc1cc(N)c(C(=O)N2CCCCCC2CO)cn1. The fourth-order valence-corrected chi connectivity index (χ4v) is 2.55. The van der Waals surface area contributed by atoms with Crippen molar-refractivity contribution in [1.82, 2.24) is 9.88 Å². The van der Waals surface area contributed by atoms with Gasteiger partial charge in [-0.15, -0.1) is 0 Å². The largest absolute Gasteiger partial charge is 0.398 e. The normalized spacial score (nSPS) is 20.1. The van der Waals surface area contributed by atoms with Crippen molar-refractivity contribution in [3.8, 4) is 0 Å². The second kappa shape index (κ2) is 6.02. The molecule has 1 aliphatic heterocycles. The molecule has 2 heterocycles. The molecule has 1 aromatic rings. The van der Waals surface area contributed by atoms with E-state index in [1.165, 1.54) is 6.20 Å². The lowest BCUT2D eigenvalue weighted by molar-refractivity contribution is 0.0600. The molecule has 0 saturated carbocycles. The summed E-state index contributed by atoms with van der Waals surface area (Å²) < 4.78 is 0. The lowest BCUT2D eigenvalue weighted by atomic mass is 10.1. The highest BCUT2D eigenvalue weighted by Gasteiger charge is 2.26. The topological polar surface area (TPSA) is 79.5 Å². The highest BCUT2D eigenvalue weighted by molar-refractivity contribution is 5.99. The van der Waals surface area contributed by atoms with Crippen LogP contribution in [-0.4, -0.2) is 40.1 Å². The average Bonchev–Trinajstić information content (AvgIpc) is 2.63. The summed E-state index contributed by atoms with van der Waals surface area (Å²) in [6.07, 6.45) is 5.51. The van der Waals surface area contributed by atoms with Gasteiger partial charge in [-0.25, -0.2) is 0 Å². The van der Waals surface area contributed by atoms with E-state index in [4.69, 9.17) is 5.73 Å². The number of nitrogen functional groups attached to an aromatic ring is 1. The molecule has 0 spiro atoms. The summed E-state index contributed by atoms with van der Waals surface area (Å²) >= 11 is 0. The molecule has 19 heavy (non-hydrogen) atoms. The van der Waals surface area contributed by atoms with E-state index in [1.54, 1.807) is 11.0 Å². The predicted octanol–water partition coefficient (Wildman–Crippen LogP) is 1.35. The molecular weight excluding hydrogens is 242 g/mol. The molecule has 5 heteroatoms. The van der Waals surface area contributed by atoms with Crippen LogP contribution in [0.2, 0.25) is 0 Å². The van der Waals surface area contributed by atoms with Crippen LogP contribution in [0.3, 0.4) is 0 Å². The second-order valence-corrected chi connectivity index (χ2v) is 5.10. The van der Waals surface area contributed by atoms with E-state index >= 15 is 0 Å². The molecule has 5 nitrogen and oxygen atoms in total. The Morgan fingerprint density at radius 1 is 1.53 bits per heavy atom. The van der Waals surface area contributed by atoms with Gasteiger partial charge < -0.3 is 15.7 Å². The smallest absolute Gasteiger partial charge is 0.257 e. The minimum Gasteiger partial charge on any atom is -0.398 e. The fraction of sp³-hybridized carbons (Fsp3) is 0.571. The van der Waals surface area contributed by atoms with Gasteiger partial charge in [0, 0.05) is 24.1 Å². The summed E-state index contributed by atoms with van der Waals surface area (Å²) in [5.41, 5.74) is 7.59. The Balaban J connectivity index is 2.25. The molecule has 2 rings (SSSR count). The first-order chi connectivity index (χ1) is 9.13. The maximum atomic E-state index is 12.5. The molecule has 1 amide bonds. The number of pyridine rings is 1. The first-order valence-electron chi connectivity index (χ1n) is 6.77. The zero-order chi connectivity index (χ0) is 13.8. The van der Waals surface area contributed by atoms with Crippen LogP contribution in [-0.2, 0) is 0 Å². The predicted molar refractivity (Wildman–Crippen MR) is 73.8 cm³/mol. The second-order valence-electron chi connectivity index (χ2n) is 5.10. The number of aromatic nitrogens is 1. The van der Waals surface area contributed by atoms with Gasteiger partial charge in [0.25, 0.3) is 5.91 Å². The van der Waals surface area contributed by atoms with Gasteiger partial charge in [0.2, 0.25) is 0 Å². The summed E-state index contributed by atoms with van der Waals surface area (Å²) in [6, 6.07) is 1.61. The number of carbonyl (C=O) groups excluding carboxylic acids is 1. The number of anilines is 1. The van der Waals surface area contributed by atoms with Crippen LogP contribution < -0.4 is 5.73 Å². The van der Waals surface area contributed by atoms with Crippen molar-refractivity contribution >= 4 is 11.6 Å². The van der Waals surface area contributed by atoms with Crippen LogP contribution in [0.15, 0.2) is 12.3 Å². The molecule has 1 aromatic heterocycles. The summed E-state index contributed by atoms with van der Waals surface area (Å²) in [5.74, 6) is -0.119. The van der Waals surface area contributed by atoms with E-state index in [2.05, 4.69) is 4.98 Å². The molecule has 3 N–H and O–H groups in total. The summed E-state index contributed by atoms with van der Waals surface area (Å²) in [6.45, 7) is 2.52. The maximum absolute atomic E-state index is 12.5. The van der Waals surface area contributed by atoms with Crippen LogP contribution >= 0.6 is 0 Å². The van der Waals surface area contributed by atoms with E-state index in [-0.39, 0.29) is 18.6 Å². The summed E-state index contributed by atoms with van der Waals surface area (Å²) in [4.78, 5) is 18.4. The molecule has 1 aliphatic rings. The van der Waals surface area contributed by atoms with Crippen molar-refractivity contribution in [1.29, 1.82) is 0 Å². The molecule has 1 atom stereocenters. The highest BCUT2D eigenvalue weighted by atomic mass is 16.3. The van der Waals surface area contributed by atoms with Gasteiger partial charge in [-0.2, -0.15) is 0 Å². The van der Waals surface area contributed by atoms with E-state index in [1.807, 2.05) is 6.92 Å². The van der Waals surface area contributed by atoms with Crippen LogP contribution in [0.25, 0.3) is 0 Å². The third-order valence-corrected chi connectivity index (χ3v) is 3.65. The zero-order valence-corrected chi connectivity index (χ0v) is 11.3. The number of amides is 1. The van der Waals surface area contributed by atoms with Crippen LogP contribution in [0.5, 0.6) is 0 Å². The maximum Gasteiger partial charge on any atom is 0.257 e. The molecule has 0 aliphatic carbocycles. The standard InChI is InChI=1S/C14H21N3O2/c1-10-7-13(15)12(8-16-10)14(19)17-6-4-2-3-5-11(17)9-18/h7-8,11,18H,2-6,9H2,1H3,(H2,15,16). The average molecular weight is 263 g/mol. The van der Waals surface area contributed by atoms with Crippen LogP contribution in [0.4, 0.5) is 5.69 Å². The van der Waals surface area contributed by atoms with Crippen molar-refractivity contribution in [3.05, 3.63) is 23.5 Å². The number of likely N-dealkylation sites (tertiary alicyclic amines) is 1. The first kappa shape index (κ1) is 13.8. The number of carbonyl (C=O) groups is 1. The molecule has 104 valence electrons. The Bertz CT molecular complexity index is 462. The number of rotatable bonds is 2. The molecule has 1 saturated heterocycles. The third-order valence-electron chi connectivity index (χ3n) is 3.65. The monoisotopic (exact) mass is 263 g/mol. The number of hydrogen-bond acceptors (Lipinski definition) is 4. The molecule has 1 unspecified atom stereocenters. The van der Waals surface area contributed by atoms with Gasteiger partial charge in [-0.05, 0) is 25.8 Å². The minimum atomic E-state index is -0.119. The molecular formula is C14H21N3O2. The number of aliphatic hydroxyl groups excluding tert-OH is 1. The number of nitrogens with two attached hydrogens (primary N) is 1. The molecule has 1 fully saturated rings. The number of aliphatic hydroxyl groups is 1. The quantitative estimate of drug-likeness (QED) is 0.844. The van der Waals surface area contributed by atoms with Crippen molar-refractivity contribution in [2.45, 2.75) is 38.6 Å². The van der Waals surface area contributed by atoms with Gasteiger partial charge in [0.1, 0.15) is 0 Å². The third kappa shape index (κ3) is 3.04. The molecule has 0 radical (unpaired) electrons. The Hall–Kier alpha value is -1.62. The van der Waals surface area contributed by atoms with E-state index in [0.29, 0.717) is 17.8 Å². The molecule has 0 aromatic carbocycles. The van der Waals surface area contributed by atoms with Gasteiger partial charge in [-0.1, -0.05) is 12.8 Å². The number of aryl methyl sites for hydroxylation is 1. The summed E-state index contributed by atoms with van der Waals surface area (Å²) in [5, 5.41) is 9.45. The Morgan fingerprint density at radius 2 is 2.32 bits per heavy atom. The first-order valence-corrected chi connectivity index (χ1v) is 6.77. The zero-order valence-electron chi connectivity index (χ0n) is 11.3. The fourth-order valence-electron chi connectivity index (χ4n) is 2.55. The number of nitrogens with zero attached hydrogens (tertiary/aromatic N) is 2. The minimum absolute atomic E-state index is 0.00490. The van der Waals surface area contributed by atoms with Gasteiger partial charge >= 0.3 is 0 Å². The van der Waals surface area contributed by atoms with E-state index in [0.717, 1.165) is 31.4 Å². The van der Waals surface area contributed by atoms with Crippen molar-refractivity contribution in [3.63, 3.8) is 0 Å². The van der Waals surface area contributed by atoms with Crippen molar-refractivity contribution < 1.29 is 9.90 Å². The molecule has 0 bridgehead atoms. The van der Waals surface area contributed by atoms with Crippen molar-refractivity contribution in [2.75, 3.05) is 18.9 Å². The Kier molecular flexibility index (Phi) is 4.37. The van der Waals surface area contributed by atoms with Crippen molar-refractivity contribution in [2.24, 2.45) is 0 Å². The lowest BCUT2D eigenvalue weighted by Crippen LogP contribution is -2.42. The number of hydrogen-bond donors (Lipinski definition) is 2. The van der Waals surface area contributed by atoms with E-state index in [9.17, 15) is 9.90 Å². The van der Waals surface area contributed by atoms with Crippen LogP contribution in [0, 0.1) is 6.92 Å².